The average Bonchev–Trinajstić information content (AvgIpc) is 0.918. The third-order valence-corrected chi connectivity index (χ3v) is 0. The molecule has 0 aromatic carbocycles. The second-order valence-corrected chi connectivity index (χ2v) is 0.0833. The van der Waals surface area contributed by atoms with Crippen LogP contribution in [0, 0.1) is 0 Å². The first-order valence-corrected chi connectivity index (χ1v) is 0.408. The molecule has 25 valence electrons. The topological polar surface area (TPSA) is 34.1 Å². The van der Waals surface area contributed by atoms with Gasteiger partial charge in [0.05, 0.1) is 0 Å². The Labute approximate surface area is 23.3 Å². The summed E-state index contributed by atoms with van der Waals surface area (Å²) >= 11 is 0. The van der Waals surface area contributed by atoms with Crippen molar-refractivity contribution in [1.82, 2.24) is 0 Å². The second-order valence-electron chi connectivity index (χ2n) is 0.0833. The Hall–Kier alpha value is -0.690. The van der Waals surface area contributed by atoms with Gasteiger partial charge in [0.2, 0.25) is 0 Å². The van der Waals surface area contributed by atoms with Crippen LogP contribution in [0.5, 0.6) is 0 Å². The number of hydrogen-bond acceptors (Lipinski definition) is 2. The minimum absolute atomic E-state index is 0. The van der Waals surface area contributed by atoms with E-state index in [0.717, 1.165) is 0 Å². The van der Waals surface area contributed by atoms with Crippen LogP contribution in [0.3, 0.4) is 0 Å². The molecule has 0 bridgehead atoms. The number of hydrogen-bond donors (Lipinski definition) is 0. The van der Waals surface area contributed by atoms with Gasteiger partial charge in [-0.3, -0.25) is 4.70 Å². The molecule has 0 fully saturated rings. The number of halogens is 1. The van der Waals surface area contributed by atoms with Crippen molar-refractivity contribution in [1.29, 1.82) is 0 Å². The second kappa shape index (κ2) is 41.3. The van der Waals surface area contributed by atoms with Gasteiger partial charge < -0.3 is 0 Å². The molecule has 0 rings (SSSR count). The highest BCUT2D eigenvalue weighted by molar-refractivity contribution is 5.20. The first-order chi connectivity index (χ1) is 1.41. The van der Waals surface area contributed by atoms with Gasteiger partial charge in [0.1, 0.15) is 0 Å². The molecule has 0 heterocycles. The maximum absolute atomic E-state index is 8.12. The fraction of sp³-hybridized carbons (Fsp3) is 0. The van der Waals surface area contributed by atoms with E-state index in [1.54, 1.807) is 0 Å². The highest BCUT2D eigenvalue weighted by Crippen LogP contribution is 0.787. The fourth-order valence-electron chi connectivity index (χ4n) is 0. The van der Waals surface area contributed by atoms with Gasteiger partial charge in [-0.25, -0.2) is 0 Å². The summed E-state index contributed by atoms with van der Waals surface area (Å²) in [5, 5.41) is 0. The predicted molar refractivity (Wildman–Crippen MR) is 8.62 cm³/mol. The van der Waals surface area contributed by atoms with Gasteiger partial charge >= 0.3 is 6.15 Å². The third-order valence-electron chi connectivity index (χ3n) is 0. The molecule has 0 N–H and O–H groups in total. The molecular formula is CH2FO2. The minimum Gasteiger partial charge on any atom is -0.269 e. The van der Waals surface area contributed by atoms with Gasteiger partial charge in [-0.2, -0.15) is 9.59 Å². The van der Waals surface area contributed by atoms with Crippen molar-refractivity contribution < 1.29 is 15.7 Å². The molecule has 0 aliphatic heterocycles. The minimum atomic E-state index is 0. The number of carbonyl (C=O) groups excluding carboxylic acids is 2. The molecule has 2 nitrogen and oxygen atoms in total. The van der Waals surface area contributed by atoms with Crippen LogP contribution in [-0.4, -0.2) is 6.15 Å². The van der Waals surface area contributed by atoms with Gasteiger partial charge in [0.15, 0.2) is 0 Å². The number of rotatable bonds is 0. The molecule has 0 unspecified atom stereocenters. The zero-order valence-electron chi connectivity index (χ0n) is 2.72. The van der Waals surface area contributed by atoms with E-state index in [-0.39, 0.29) is 12.3 Å². The summed E-state index contributed by atoms with van der Waals surface area (Å²) in [6.45, 7) is 0. The molecular weight excluding hydrogens is 63.0 g/mol. The van der Waals surface area contributed by atoms with Crippen molar-refractivity contribution in [3.8, 4) is 0 Å². The van der Waals surface area contributed by atoms with Crippen molar-refractivity contribution in [3.05, 3.63) is 0 Å². The standard InChI is InChI=1S/CO2.FH.H/c2-1-3;;/h;1H;/i;;1+1. The van der Waals surface area contributed by atoms with Crippen LogP contribution in [0.1, 0.15) is 1.43 Å². The molecule has 0 aromatic heterocycles. The molecule has 1 radical (unpaired) electrons. The Bertz CT molecular complexity index is 30.6. The SMILES string of the molecule is F.O=C=O.[2H]. The van der Waals surface area contributed by atoms with E-state index in [1.165, 1.54) is 0 Å². The normalized spacial score (nSPS) is 2.00. The zero-order valence-corrected chi connectivity index (χ0v) is 1.72. The Morgan fingerprint density at radius 3 is 1.50 bits per heavy atom. The van der Waals surface area contributed by atoms with E-state index in [2.05, 4.69) is 0 Å². The maximum atomic E-state index is 8.12. The van der Waals surface area contributed by atoms with Gasteiger partial charge in [-0.05, 0) is 0 Å². The fourth-order valence-corrected chi connectivity index (χ4v) is 0. The van der Waals surface area contributed by atoms with E-state index in [9.17, 15) is 0 Å². The molecule has 3 heteroatoms. The Kier molecular flexibility index (Phi) is 106. The lowest BCUT2D eigenvalue weighted by molar-refractivity contribution is -0.191. The summed E-state index contributed by atoms with van der Waals surface area (Å²) in [6, 6.07) is 0. The lowest BCUT2D eigenvalue weighted by Crippen LogP contribution is -1.22. The van der Waals surface area contributed by atoms with Gasteiger partial charge in [0.25, 0.3) is 0 Å². The molecule has 0 atom stereocenters. The summed E-state index contributed by atoms with van der Waals surface area (Å²) in [5.74, 6) is 0. The molecule has 0 aromatic rings. The van der Waals surface area contributed by atoms with E-state index >= 15 is 0 Å². The first-order valence-electron chi connectivity index (χ1n) is 0.408. The van der Waals surface area contributed by atoms with Crippen LogP contribution in [-0.2, 0) is 9.59 Å². The third kappa shape index (κ3) is 0.264. The van der Waals surface area contributed by atoms with Crippen molar-refractivity contribution in [2.45, 2.75) is 0 Å². The molecule has 0 amide bonds. The van der Waals surface area contributed by atoms with Gasteiger partial charge in [0, 0.05) is 1.43 Å². The Morgan fingerprint density at radius 2 is 1.50 bits per heavy atom. The highest BCUT2D eigenvalue weighted by Gasteiger charge is 1.13. The van der Waals surface area contributed by atoms with E-state index in [0.29, 0.717) is 0 Å². The largest absolute Gasteiger partial charge is 0.373 e. The van der Waals surface area contributed by atoms with Crippen molar-refractivity contribution in [3.63, 3.8) is 0 Å². The Balaban J connectivity index is -0.0000000200. The van der Waals surface area contributed by atoms with Crippen molar-refractivity contribution in [2.75, 3.05) is 0 Å². The van der Waals surface area contributed by atoms with Crippen molar-refractivity contribution in [2.24, 2.45) is 0 Å². The van der Waals surface area contributed by atoms with Crippen LogP contribution in [0.25, 0.3) is 0 Å². The highest BCUT2D eigenvalue weighted by atomic mass is 19.0. The molecule has 0 spiro atoms. The average molecular weight is 66.0 g/mol. The van der Waals surface area contributed by atoms with Crippen molar-refractivity contribution >= 4 is 6.15 Å². The molecule has 0 saturated heterocycles. The van der Waals surface area contributed by atoms with Gasteiger partial charge in [-0.1, -0.05) is 0 Å². The summed E-state index contributed by atoms with van der Waals surface area (Å²) < 4.78 is 0. The van der Waals surface area contributed by atoms with E-state index in [4.69, 9.17) is 9.59 Å². The lowest BCUT2D eigenvalue weighted by atomic mass is 11.8. The quantitative estimate of drug-likeness (QED) is 0.388. The molecule has 4 heavy (non-hydrogen) atoms. The zero-order chi connectivity index (χ0) is 2.71. The summed E-state index contributed by atoms with van der Waals surface area (Å²) in [4.78, 5) is 16.2. The lowest BCUT2D eigenvalue weighted by Gasteiger charge is -0.945. The Morgan fingerprint density at radius 1 is 1.50 bits per heavy atom. The molecule has 0 aliphatic rings. The van der Waals surface area contributed by atoms with Gasteiger partial charge in [-0.15, -0.1) is 0 Å². The smallest absolute Gasteiger partial charge is 0.269 e. The van der Waals surface area contributed by atoms with E-state index < -0.39 is 0 Å². The monoisotopic (exact) mass is 66.0 g/mol. The van der Waals surface area contributed by atoms with Crippen LogP contribution < -0.4 is 0 Å². The predicted octanol–water partition coefficient (Wildman–Crippen LogP) is -0.319. The first kappa shape index (κ1) is 10.3. The summed E-state index contributed by atoms with van der Waals surface area (Å²) in [6.07, 6.45) is 0.250. The van der Waals surface area contributed by atoms with Crippen LogP contribution in [0.4, 0.5) is 4.70 Å². The summed E-state index contributed by atoms with van der Waals surface area (Å²) in [5.41, 5.74) is 0. The van der Waals surface area contributed by atoms with E-state index in [1.807, 2.05) is 0 Å². The maximum Gasteiger partial charge on any atom is 0.373 e. The molecule has 0 aliphatic carbocycles. The van der Waals surface area contributed by atoms with Crippen LogP contribution in [0.2, 0.25) is 0 Å². The summed E-state index contributed by atoms with van der Waals surface area (Å²) in [7, 11) is 0. The van der Waals surface area contributed by atoms with Crippen LogP contribution >= 0.6 is 0 Å². The molecule has 0 saturated carbocycles. The van der Waals surface area contributed by atoms with Crippen LogP contribution in [0.15, 0.2) is 0 Å².